The Labute approximate surface area is 111 Å². The Kier molecular flexibility index (Phi) is 3.62. The van der Waals surface area contributed by atoms with Crippen molar-refractivity contribution in [2.75, 3.05) is 0 Å². The molecular weight excluding hydrogens is 242 g/mol. The largest absolute Gasteiger partial charge is 0.408 e. The summed E-state index contributed by atoms with van der Waals surface area (Å²) in [7, 11) is 0. The van der Waals surface area contributed by atoms with Crippen molar-refractivity contribution in [1.29, 1.82) is 5.26 Å². The first-order valence-corrected chi connectivity index (χ1v) is 5.82. The van der Waals surface area contributed by atoms with Crippen LogP contribution >= 0.6 is 0 Å². The Bertz CT molecular complexity index is 623. The van der Waals surface area contributed by atoms with E-state index in [1.807, 2.05) is 19.1 Å². The highest BCUT2D eigenvalue weighted by Gasteiger charge is 2.13. The number of benzene rings is 1. The SMILES string of the molecule is CC(=O)Oc1cncn1C(C)c1ccc(C#N)cc1. The predicted molar refractivity (Wildman–Crippen MR) is 68.5 cm³/mol. The number of carbonyl (C=O) groups excluding carboxylic acids is 1. The average Bonchev–Trinajstić information content (AvgIpc) is 2.85. The van der Waals surface area contributed by atoms with Crippen LogP contribution in [0.4, 0.5) is 0 Å². The minimum absolute atomic E-state index is 0.0374. The zero-order chi connectivity index (χ0) is 13.8. The van der Waals surface area contributed by atoms with Gasteiger partial charge in [-0.1, -0.05) is 12.1 Å². The predicted octanol–water partition coefficient (Wildman–Crippen LogP) is 2.29. The van der Waals surface area contributed by atoms with Crippen LogP contribution in [0.15, 0.2) is 36.8 Å². The van der Waals surface area contributed by atoms with Gasteiger partial charge in [-0.05, 0) is 24.6 Å². The quantitative estimate of drug-likeness (QED) is 0.789. The van der Waals surface area contributed by atoms with Crippen molar-refractivity contribution < 1.29 is 9.53 Å². The molecule has 1 atom stereocenters. The molecular formula is C14H13N3O2. The van der Waals surface area contributed by atoms with Crippen molar-refractivity contribution in [3.05, 3.63) is 47.9 Å². The van der Waals surface area contributed by atoms with Gasteiger partial charge in [-0.2, -0.15) is 5.26 Å². The van der Waals surface area contributed by atoms with Crippen LogP contribution in [0.5, 0.6) is 5.88 Å². The molecule has 5 heteroatoms. The van der Waals surface area contributed by atoms with Crippen molar-refractivity contribution in [2.24, 2.45) is 0 Å². The first kappa shape index (κ1) is 12.8. The first-order valence-electron chi connectivity index (χ1n) is 5.82. The second kappa shape index (κ2) is 5.36. The van der Waals surface area contributed by atoms with Gasteiger partial charge in [0.15, 0.2) is 0 Å². The molecule has 96 valence electrons. The van der Waals surface area contributed by atoms with Crippen LogP contribution in [0.25, 0.3) is 0 Å². The highest BCUT2D eigenvalue weighted by Crippen LogP contribution is 2.23. The van der Waals surface area contributed by atoms with Gasteiger partial charge in [0.05, 0.1) is 30.2 Å². The van der Waals surface area contributed by atoms with Crippen LogP contribution in [-0.2, 0) is 4.79 Å². The number of nitrogens with zero attached hydrogens (tertiary/aromatic N) is 3. The van der Waals surface area contributed by atoms with Gasteiger partial charge in [0.2, 0.25) is 5.88 Å². The van der Waals surface area contributed by atoms with Crippen molar-refractivity contribution in [2.45, 2.75) is 19.9 Å². The van der Waals surface area contributed by atoms with Crippen LogP contribution in [0.1, 0.15) is 31.0 Å². The topological polar surface area (TPSA) is 67.9 Å². The Morgan fingerprint density at radius 2 is 2.11 bits per heavy atom. The fraction of sp³-hybridized carbons (Fsp3) is 0.214. The van der Waals surface area contributed by atoms with E-state index in [4.69, 9.17) is 10.00 Å². The zero-order valence-electron chi connectivity index (χ0n) is 10.7. The van der Waals surface area contributed by atoms with Crippen LogP contribution < -0.4 is 4.74 Å². The van der Waals surface area contributed by atoms with E-state index in [1.165, 1.54) is 13.1 Å². The Hall–Kier alpha value is -2.61. The molecule has 0 aliphatic carbocycles. The van der Waals surface area contributed by atoms with Crippen LogP contribution in [0.3, 0.4) is 0 Å². The van der Waals surface area contributed by atoms with E-state index >= 15 is 0 Å². The fourth-order valence-corrected chi connectivity index (χ4v) is 1.81. The summed E-state index contributed by atoms with van der Waals surface area (Å²) in [5.41, 5.74) is 1.62. The number of carbonyl (C=O) groups is 1. The molecule has 0 bridgehead atoms. The number of aromatic nitrogens is 2. The molecule has 0 radical (unpaired) electrons. The molecule has 1 unspecified atom stereocenters. The summed E-state index contributed by atoms with van der Waals surface area (Å²) in [5, 5.41) is 8.77. The van der Waals surface area contributed by atoms with E-state index in [0.717, 1.165) is 5.56 Å². The van der Waals surface area contributed by atoms with Crippen LogP contribution in [-0.4, -0.2) is 15.5 Å². The van der Waals surface area contributed by atoms with E-state index in [9.17, 15) is 4.79 Å². The Balaban J connectivity index is 2.28. The maximum atomic E-state index is 11.0. The molecule has 1 aromatic carbocycles. The van der Waals surface area contributed by atoms with Gasteiger partial charge in [0.1, 0.15) is 0 Å². The van der Waals surface area contributed by atoms with Crippen molar-refractivity contribution >= 4 is 5.97 Å². The normalized spacial score (nSPS) is 11.6. The van der Waals surface area contributed by atoms with Gasteiger partial charge in [-0.3, -0.25) is 9.36 Å². The van der Waals surface area contributed by atoms with Crippen molar-refractivity contribution in [3.63, 3.8) is 0 Å². The van der Waals surface area contributed by atoms with Gasteiger partial charge >= 0.3 is 5.97 Å². The lowest BCUT2D eigenvalue weighted by molar-refractivity contribution is -0.132. The molecule has 0 aliphatic heterocycles. The summed E-state index contributed by atoms with van der Waals surface area (Å²) in [5.74, 6) is 0.0261. The number of rotatable bonds is 3. The summed E-state index contributed by atoms with van der Waals surface area (Å²) in [6.45, 7) is 3.32. The summed E-state index contributed by atoms with van der Waals surface area (Å²) in [6, 6.07) is 9.31. The van der Waals surface area contributed by atoms with Gasteiger partial charge in [-0.25, -0.2) is 4.98 Å². The maximum Gasteiger partial charge on any atom is 0.309 e. The maximum absolute atomic E-state index is 11.0. The highest BCUT2D eigenvalue weighted by molar-refractivity contribution is 5.68. The third-order valence-electron chi connectivity index (χ3n) is 2.82. The standard InChI is InChI=1S/C14H13N3O2/c1-10(13-5-3-12(7-15)4-6-13)17-9-16-8-14(17)19-11(2)18/h3-6,8-10H,1-2H3. The molecule has 2 aromatic rings. The molecule has 0 amide bonds. The molecule has 0 saturated carbocycles. The van der Waals surface area contributed by atoms with Crippen molar-refractivity contribution in [3.8, 4) is 11.9 Å². The summed E-state index contributed by atoms with van der Waals surface area (Å²) in [4.78, 5) is 15.0. The molecule has 0 N–H and O–H groups in total. The van der Waals surface area contributed by atoms with E-state index in [-0.39, 0.29) is 12.0 Å². The monoisotopic (exact) mass is 255 g/mol. The average molecular weight is 255 g/mol. The molecule has 0 aliphatic rings. The lowest BCUT2D eigenvalue weighted by Gasteiger charge is -2.16. The number of nitriles is 1. The second-order valence-electron chi connectivity index (χ2n) is 4.14. The summed E-state index contributed by atoms with van der Waals surface area (Å²) in [6.07, 6.45) is 3.11. The van der Waals surface area contributed by atoms with Crippen molar-refractivity contribution in [1.82, 2.24) is 9.55 Å². The molecule has 0 fully saturated rings. The highest BCUT2D eigenvalue weighted by atomic mass is 16.5. The second-order valence-corrected chi connectivity index (χ2v) is 4.14. The van der Waals surface area contributed by atoms with E-state index in [1.54, 1.807) is 23.0 Å². The minimum atomic E-state index is -0.381. The summed E-state index contributed by atoms with van der Waals surface area (Å²) >= 11 is 0. The number of esters is 1. The molecule has 2 rings (SSSR count). The molecule has 1 heterocycles. The van der Waals surface area contributed by atoms with Gasteiger partial charge < -0.3 is 4.74 Å². The Morgan fingerprint density at radius 3 is 2.68 bits per heavy atom. The minimum Gasteiger partial charge on any atom is -0.408 e. The molecule has 1 aromatic heterocycles. The van der Waals surface area contributed by atoms with Crippen LogP contribution in [0.2, 0.25) is 0 Å². The zero-order valence-corrected chi connectivity index (χ0v) is 10.7. The van der Waals surface area contributed by atoms with Crippen LogP contribution in [0, 0.1) is 11.3 Å². The number of imidazole rings is 1. The molecule has 19 heavy (non-hydrogen) atoms. The summed E-state index contributed by atoms with van der Waals surface area (Å²) < 4.78 is 6.85. The van der Waals surface area contributed by atoms with Gasteiger partial charge in [0.25, 0.3) is 0 Å². The fourth-order valence-electron chi connectivity index (χ4n) is 1.81. The molecule has 5 nitrogen and oxygen atoms in total. The number of hydrogen-bond donors (Lipinski definition) is 0. The van der Waals surface area contributed by atoms with Gasteiger partial charge in [-0.15, -0.1) is 0 Å². The number of hydrogen-bond acceptors (Lipinski definition) is 4. The first-order chi connectivity index (χ1) is 9.11. The lowest BCUT2D eigenvalue weighted by atomic mass is 10.1. The third kappa shape index (κ3) is 2.80. The number of ether oxygens (including phenoxy) is 1. The van der Waals surface area contributed by atoms with E-state index in [0.29, 0.717) is 11.4 Å². The molecule has 0 spiro atoms. The Morgan fingerprint density at radius 1 is 1.42 bits per heavy atom. The van der Waals surface area contributed by atoms with E-state index in [2.05, 4.69) is 11.1 Å². The third-order valence-corrected chi connectivity index (χ3v) is 2.82. The lowest BCUT2D eigenvalue weighted by Crippen LogP contribution is -2.11. The van der Waals surface area contributed by atoms with Gasteiger partial charge in [0, 0.05) is 6.92 Å². The van der Waals surface area contributed by atoms with E-state index < -0.39 is 0 Å². The smallest absolute Gasteiger partial charge is 0.309 e. The molecule has 0 saturated heterocycles.